The van der Waals surface area contributed by atoms with E-state index in [0.29, 0.717) is 48.0 Å². The number of hydrogen-bond donors (Lipinski definition) is 1. The fourth-order valence-corrected chi connectivity index (χ4v) is 7.89. The van der Waals surface area contributed by atoms with E-state index in [1.54, 1.807) is 24.3 Å². The topological polar surface area (TPSA) is 84.9 Å². The van der Waals surface area contributed by atoms with Gasteiger partial charge in [-0.2, -0.15) is 0 Å². The molecule has 7 rings (SSSR count). The van der Waals surface area contributed by atoms with Crippen LogP contribution in [0.1, 0.15) is 63.5 Å². The zero-order chi connectivity index (χ0) is 27.1. The molecule has 0 radical (unpaired) electrons. The molecule has 4 saturated carbocycles. The molecule has 7 heteroatoms. The van der Waals surface area contributed by atoms with E-state index in [4.69, 9.17) is 9.47 Å². The highest BCUT2D eigenvalue weighted by molar-refractivity contribution is 6.31. The average molecular weight is 529 g/mol. The average Bonchev–Trinajstić information content (AvgIpc) is 2.90. The Morgan fingerprint density at radius 1 is 0.949 bits per heavy atom. The van der Waals surface area contributed by atoms with Crippen LogP contribution in [-0.4, -0.2) is 35.4 Å². The molecule has 4 amide bonds. The SMILES string of the molecule is CCOc1cc(C=C2C(=O)NC(=O)N(C(C)C34CC5CC(CC(C5)C3)C4)C2=O)ccc1OCc1ccccc1. The molecule has 1 unspecified atom stereocenters. The van der Waals surface area contributed by atoms with Gasteiger partial charge in [-0.25, -0.2) is 4.79 Å². The van der Waals surface area contributed by atoms with E-state index in [1.165, 1.54) is 24.2 Å². The number of amides is 4. The van der Waals surface area contributed by atoms with E-state index in [9.17, 15) is 14.4 Å². The van der Waals surface area contributed by atoms with E-state index in [1.807, 2.05) is 44.2 Å². The van der Waals surface area contributed by atoms with Crippen molar-refractivity contribution in [3.63, 3.8) is 0 Å². The zero-order valence-corrected chi connectivity index (χ0v) is 22.7. The lowest BCUT2D eigenvalue weighted by Gasteiger charge is -2.60. The normalized spacial score (nSPS) is 29.5. The molecule has 0 spiro atoms. The first-order chi connectivity index (χ1) is 18.8. The molecular formula is C32H36N2O5. The summed E-state index contributed by atoms with van der Waals surface area (Å²) >= 11 is 0. The highest BCUT2D eigenvalue weighted by Crippen LogP contribution is 2.62. The lowest BCUT2D eigenvalue weighted by Crippen LogP contribution is -2.63. The van der Waals surface area contributed by atoms with Crippen molar-refractivity contribution in [3.05, 3.63) is 65.2 Å². The van der Waals surface area contributed by atoms with Gasteiger partial charge in [0, 0.05) is 6.04 Å². The fraction of sp³-hybridized carbons (Fsp3) is 0.469. The summed E-state index contributed by atoms with van der Waals surface area (Å²) in [7, 11) is 0. The second-order valence-electron chi connectivity index (χ2n) is 11.9. The van der Waals surface area contributed by atoms with Gasteiger partial charge in [-0.1, -0.05) is 36.4 Å². The van der Waals surface area contributed by atoms with Gasteiger partial charge >= 0.3 is 6.03 Å². The first-order valence-electron chi connectivity index (χ1n) is 14.2. The molecule has 2 aromatic carbocycles. The number of nitrogens with one attached hydrogen (secondary N) is 1. The Kier molecular flexibility index (Phi) is 6.69. The molecule has 204 valence electrons. The Bertz CT molecular complexity index is 1280. The molecular weight excluding hydrogens is 492 g/mol. The minimum atomic E-state index is -0.665. The van der Waals surface area contributed by atoms with Gasteiger partial charge in [0.1, 0.15) is 12.2 Å². The highest BCUT2D eigenvalue weighted by atomic mass is 16.5. The molecule has 4 bridgehead atoms. The van der Waals surface area contributed by atoms with Gasteiger partial charge in [0.2, 0.25) is 0 Å². The molecule has 1 N–H and O–H groups in total. The Balaban J connectivity index is 1.25. The molecule has 1 saturated heterocycles. The van der Waals surface area contributed by atoms with Crippen LogP contribution >= 0.6 is 0 Å². The second kappa shape index (κ2) is 10.2. The molecule has 2 aromatic rings. The summed E-state index contributed by atoms with van der Waals surface area (Å²) in [4.78, 5) is 41.0. The van der Waals surface area contributed by atoms with Crippen LogP contribution in [0.3, 0.4) is 0 Å². The van der Waals surface area contributed by atoms with E-state index >= 15 is 0 Å². The number of rotatable bonds is 8. The number of carbonyl (C=O) groups is 3. The monoisotopic (exact) mass is 528 g/mol. The number of urea groups is 1. The fourth-order valence-electron chi connectivity index (χ4n) is 7.89. The van der Waals surface area contributed by atoms with Gasteiger partial charge in [0.25, 0.3) is 11.8 Å². The Hall–Kier alpha value is -3.61. The van der Waals surface area contributed by atoms with E-state index in [0.717, 1.165) is 24.8 Å². The first-order valence-corrected chi connectivity index (χ1v) is 14.2. The molecule has 1 heterocycles. The summed E-state index contributed by atoms with van der Waals surface area (Å²) in [5, 5.41) is 2.44. The number of carbonyl (C=O) groups excluding carboxylic acids is 3. The molecule has 5 aliphatic rings. The van der Waals surface area contributed by atoms with Crippen LogP contribution in [0.15, 0.2) is 54.1 Å². The van der Waals surface area contributed by atoms with Crippen molar-refractivity contribution in [1.29, 1.82) is 0 Å². The summed E-state index contributed by atoms with van der Waals surface area (Å²) in [5.74, 6) is 2.00. The summed E-state index contributed by atoms with van der Waals surface area (Å²) < 4.78 is 11.8. The maximum atomic E-state index is 13.7. The van der Waals surface area contributed by atoms with Crippen LogP contribution in [0.2, 0.25) is 0 Å². The van der Waals surface area contributed by atoms with Gasteiger partial charge in [-0.15, -0.1) is 0 Å². The van der Waals surface area contributed by atoms with Crippen molar-refractivity contribution >= 4 is 23.9 Å². The third kappa shape index (κ3) is 4.83. The molecule has 39 heavy (non-hydrogen) atoms. The van der Waals surface area contributed by atoms with Crippen LogP contribution in [0.25, 0.3) is 6.08 Å². The molecule has 1 atom stereocenters. The smallest absolute Gasteiger partial charge is 0.331 e. The first kappa shape index (κ1) is 25.7. The number of benzene rings is 2. The van der Waals surface area contributed by atoms with Crippen molar-refractivity contribution < 1.29 is 23.9 Å². The zero-order valence-electron chi connectivity index (χ0n) is 22.7. The molecule has 4 aliphatic carbocycles. The summed E-state index contributed by atoms with van der Waals surface area (Å²) in [6.45, 7) is 4.72. The van der Waals surface area contributed by atoms with Crippen molar-refractivity contribution in [2.75, 3.05) is 6.61 Å². The summed E-state index contributed by atoms with van der Waals surface area (Å²) in [6, 6.07) is 14.3. The predicted octanol–water partition coefficient (Wildman–Crippen LogP) is 5.73. The maximum Gasteiger partial charge on any atom is 0.331 e. The van der Waals surface area contributed by atoms with Crippen LogP contribution in [0, 0.1) is 23.2 Å². The quantitative estimate of drug-likeness (QED) is 0.349. The van der Waals surface area contributed by atoms with Crippen molar-refractivity contribution in [2.45, 2.75) is 65.0 Å². The van der Waals surface area contributed by atoms with Crippen LogP contribution in [0.5, 0.6) is 11.5 Å². The second-order valence-corrected chi connectivity index (χ2v) is 11.9. The van der Waals surface area contributed by atoms with Gasteiger partial charge in [0.05, 0.1) is 6.61 Å². The molecule has 7 nitrogen and oxygen atoms in total. The Morgan fingerprint density at radius 3 is 2.26 bits per heavy atom. The third-order valence-electron chi connectivity index (χ3n) is 9.31. The van der Waals surface area contributed by atoms with Crippen LogP contribution < -0.4 is 14.8 Å². The Morgan fingerprint density at radius 2 is 1.62 bits per heavy atom. The van der Waals surface area contributed by atoms with Crippen molar-refractivity contribution in [2.24, 2.45) is 23.2 Å². The van der Waals surface area contributed by atoms with Crippen molar-refractivity contribution in [3.8, 4) is 11.5 Å². The van der Waals surface area contributed by atoms with Crippen LogP contribution in [-0.2, 0) is 16.2 Å². The van der Waals surface area contributed by atoms with E-state index < -0.39 is 17.8 Å². The number of nitrogens with zero attached hydrogens (tertiary/aromatic N) is 1. The number of barbiturate groups is 1. The number of hydrogen-bond acceptors (Lipinski definition) is 5. The lowest BCUT2D eigenvalue weighted by molar-refractivity contribution is -0.139. The number of ether oxygens (including phenoxy) is 2. The highest BCUT2D eigenvalue weighted by Gasteiger charge is 2.56. The largest absolute Gasteiger partial charge is 0.490 e. The minimum absolute atomic E-state index is 0.0356. The van der Waals surface area contributed by atoms with Crippen molar-refractivity contribution in [1.82, 2.24) is 10.2 Å². The maximum absolute atomic E-state index is 13.7. The molecule has 5 fully saturated rings. The minimum Gasteiger partial charge on any atom is -0.490 e. The third-order valence-corrected chi connectivity index (χ3v) is 9.31. The standard InChI is InChI=1S/C32H36N2O5/c1-3-38-28-15-22(9-10-27(28)39-19-21-7-5-4-6-8-21)14-26-29(35)33-31(37)34(30(26)36)20(2)32-16-23-11-24(17-32)13-25(12-23)18-32/h4-10,14-15,20,23-25H,3,11-13,16-19H2,1-2H3,(H,33,35,37). The van der Waals surface area contributed by atoms with Gasteiger partial charge in [-0.3, -0.25) is 19.8 Å². The lowest BCUT2D eigenvalue weighted by atomic mass is 9.47. The van der Waals surface area contributed by atoms with E-state index in [2.05, 4.69) is 5.32 Å². The number of imide groups is 2. The van der Waals surface area contributed by atoms with Gasteiger partial charge < -0.3 is 9.47 Å². The molecule has 0 aromatic heterocycles. The summed E-state index contributed by atoms with van der Waals surface area (Å²) in [5.41, 5.74) is 1.58. The summed E-state index contributed by atoms with van der Waals surface area (Å²) in [6.07, 6.45) is 8.58. The molecule has 1 aliphatic heterocycles. The van der Waals surface area contributed by atoms with Gasteiger partial charge in [-0.05, 0) is 105 Å². The van der Waals surface area contributed by atoms with Crippen LogP contribution in [0.4, 0.5) is 4.79 Å². The Labute approximate surface area is 229 Å². The predicted molar refractivity (Wildman–Crippen MR) is 147 cm³/mol. The van der Waals surface area contributed by atoms with Gasteiger partial charge in [0.15, 0.2) is 11.5 Å². The van der Waals surface area contributed by atoms with E-state index in [-0.39, 0.29) is 17.0 Å².